The van der Waals surface area contributed by atoms with Crippen molar-refractivity contribution in [1.82, 2.24) is 0 Å². The molecule has 0 aliphatic heterocycles. The minimum absolute atomic E-state index is 0.313. The molecule has 0 aliphatic carbocycles. The van der Waals surface area contributed by atoms with E-state index in [-0.39, 0.29) is 5.97 Å². The van der Waals surface area contributed by atoms with E-state index in [1.165, 1.54) is 7.11 Å². The van der Waals surface area contributed by atoms with Crippen LogP contribution in [0.4, 0.5) is 5.69 Å². The molecule has 0 saturated carbocycles. The molecule has 0 amide bonds. The van der Waals surface area contributed by atoms with Crippen LogP contribution in [0.5, 0.6) is 0 Å². The largest absolute Gasteiger partial charge is 0.465 e. The van der Waals surface area contributed by atoms with Crippen LogP contribution in [-0.4, -0.2) is 33.2 Å². The van der Waals surface area contributed by atoms with Gasteiger partial charge < -0.3 is 15.4 Å². The van der Waals surface area contributed by atoms with E-state index in [1.54, 1.807) is 6.07 Å². The second kappa shape index (κ2) is 6.25. The Morgan fingerprint density at radius 2 is 2.24 bits per heavy atom. The number of esters is 1. The minimum atomic E-state index is -0.313. The van der Waals surface area contributed by atoms with Gasteiger partial charge in [-0.2, -0.15) is 0 Å². The van der Waals surface area contributed by atoms with Gasteiger partial charge in [-0.3, -0.25) is 0 Å². The fourth-order valence-corrected chi connectivity index (χ4v) is 1.64. The van der Waals surface area contributed by atoms with Crippen LogP contribution in [0.15, 0.2) is 24.3 Å². The standard InChI is InChI=1S/C13H20N2O2/c1-10(8-14)9-15(2)12-6-4-5-11(7-12)13(16)17-3/h4-7,10H,8-9,14H2,1-3H3. The van der Waals surface area contributed by atoms with Crippen LogP contribution in [-0.2, 0) is 4.74 Å². The molecule has 1 atom stereocenters. The first-order valence-corrected chi connectivity index (χ1v) is 5.68. The van der Waals surface area contributed by atoms with Crippen LogP contribution in [0.2, 0.25) is 0 Å². The van der Waals surface area contributed by atoms with Crippen molar-refractivity contribution >= 4 is 11.7 Å². The van der Waals surface area contributed by atoms with E-state index < -0.39 is 0 Å². The van der Waals surface area contributed by atoms with Gasteiger partial charge in [0.05, 0.1) is 12.7 Å². The highest BCUT2D eigenvalue weighted by molar-refractivity contribution is 5.90. The third-order valence-corrected chi connectivity index (χ3v) is 2.70. The average Bonchev–Trinajstić information content (AvgIpc) is 2.37. The van der Waals surface area contributed by atoms with Crippen LogP contribution < -0.4 is 10.6 Å². The van der Waals surface area contributed by atoms with Crippen molar-refractivity contribution in [2.45, 2.75) is 6.92 Å². The number of rotatable bonds is 5. The molecule has 4 heteroatoms. The van der Waals surface area contributed by atoms with Crippen molar-refractivity contribution in [2.24, 2.45) is 11.7 Å². The summed E-state index contributed by atoms with van der Waals surface area (Å²) in [5, 5.41) is 0. The molecule has 17 heavy (non-hydrogen) atoms. The summed E-state index contributed by atoms with van der Waals surface area (Å²) in [6.45, 7) is 3.61. The van der Waals surface area contributed by atoms with E-state index in [0.29, 0.717) is 18.0 Å². The monoisotopic (exact) mass is 236 g/mol. The predicted octanol–water partition coefficient (Wildman–Crippen LogP) is 1.50. The molecule has 4 nitrogen and oxygen atoms in total. The number of carbonyl (C=O) groups excluding carboxylic acids is 1. The molecule has 1 unspecified atom stereocenters. The first-order chi connectivity index (χ1) is 8.08. The lowest BCUT2D eigenvalue weighted by Gasteiger charge is -2.23. The Labute approximate surface area is 102 Å². The molecule has 0 aromatic heterocycles. The van der Waals surface area contributed by atoms with Gasteiger partial charge in [0.2, 0.25) is 0 Å². The zero-order chi connectivity index (χ0) is 12.8. The molecule has 94 valence electrons. The third-order valence-electron chi connectivity index (χ3n) is 2.70. The molecule has 0 heterocycles. The first kappa shape index (κ1) is 13.5. The summed E-state index contributed by atoms with van der Waals surface area (Å²) in [7, 11) is 3.37. The van der Waals surface area contributed by atoms with E-state index >= 15 is 0 Å². The summed E-state index contributed by atoms with van der Waals surface area (Å²) >= 11 is 0. The maximum absolute atomic E-state index is 11.4. The number of anilines is 1. The van der Waals surface area contributed by atoms with Crippen LogP contribution in [0.1, 0.15) is 17.3 Å². The molecule has 1 aromatic rings. The summed E-state index contributed by atoms with van der Waals surface area (Å²) in [5.41, 5.74) is 7.16. The van der Waals surface area contributed by atoms with E-state index in [9.17, 15) is 4.79 Å². The van der Waals surface area contributed by atoms with Crippen LogP contribution in [0.3, 0.4) is 0 Å². The minimum Gasteiger partial charge on any atom is -0.465 e. The Morgan fingerprint density at radius 3 is 2.82 bits per heavy atom. The Kier molecular flexibility index (Phi) is 4.97. The van der Waals surface area contributed by atoms with Gasteiger partial charge in [-0.05, 0) is 30.7 Å². The van der Waals surface area contributed by atoms with E-state index in [4.69, 9.17) is 10.5 Å². The highest BCUT2D eigenvalue weighted by Crippen LogP contribution is 2.16. The van der Waals surface area contributed by atoms with Gasteiger partial charge in [-0.25, -0.2) is 4.79 Å². The summed E-state index contributed by atoms with van der Waals surface area (Å²) in [4.78, 5) is 13.5. The average molecular weight is 236 g/mol. The molecular weight excluding hydrogens is 216 g/mol. The Bertz CT molecular complexity index is 379. The molecule has 0 aliphatic rings. The lowest BCUT2D eigenvalue weighted by atomic mass is 10.1. The molecule has 1 rings (SSSR count). The lowest BCUT2D eigenvalue weighted by Crippen LogP contribution is -2.28. The first-order valence-electron chi connectivity index (χ1n) is 5.68. The van der Waals surface area contributed by atoms with Gasteiger partial charge in [-0.1, -0.05) is 13.0 Å². The fourth-order valence-electron chi connectivity index (χ4n) is 1.64. The smallest absolute Gasteiger partial charge is 0.337 e. The van der Waals surface area contributed by atoms with Gasteiger partial charge in [0, 0.05) is 19.3 Å². The fraction of sp³-hybridized carbons (Fsp3) is 0.462. The molecule has 0 bridgehead atoms. The van der Waals surface area contributed by atoms with E-state index in [1.807, 2.05) is 25.2 Å². The highest BCUT2D eigenvalue weighted by Gasteiger charge is 2.09. The number of carbonyl (C=O) groups is 1. The number of benzene rings is 1. The van der Waals surface area contributed by atoms with Crippen molar-refractivity contribution < 1.29 is 9.53 Å². The topological polar surface area (TPSA) is 55.6 Å². The SMILES string of the molecule is COC(=O)c1cccc(N(C)CC(C)CN)c1. The van der Waals surface area contributed by atoms with Crippen LogP contribution in [0, 0.1) is 5.92 Å². The second-order valence-electron chi connectivity index (χ2n) is 4.26. The predicted molar refractivity (Wildman–Crippen MR) is 69.3 cm³/mol. The van der Waals surface area contributed by atoms with Gasteiger partial charge >= 0.3 is 5.97 Å². The van der Waals surface area contributed by atoms with Gasteiger partial charge in [0.15, 0.2) is 0 Å². The molecule has 0 fully saturated rings. The van der Waals surface area contributed by atoms with Crippen molar-refractivity contribution in [2.75, 3.05) is 32.1 Å². The molecule has 0 spiro atoms. The third kappa shape index (κ3) is 3.75. The molecule has 0 radical (unpaired) electrons. The lowest BCUT2D eigenvalue weighted by molar-refractivity contribution is 0.0601. The maximum Gasteiger partial charge on any atom is 0.337 e. The Balaban J connectivity index is 2.80. The summed E-state index contributed by atoms with van der Waals surface area (Å²) in [6, 6.07) is 7.39. The summed E-state index contributed by atoms with van der Waals surface area (Å²) < 4.78 is 4.70. The molecule has 2 N–H and O–H groups in total. The number of nitrogens with zero attached hydrogens (tertiary/aromatic N) is 1. The summed E-state index contributed by atoms with van der Waals surface area (Å²) in [5.74, 6) is 0.105. The molecule has 0 saturated heterocycles. The van der Waals surface area contributed by atoms with Gasteiger partial charge in [0.25, 0.3) is 0 Å². The number of nitrogens with two attached hydrogens (primary N) is 1. The maximum atomic E-state index is 11.4. The number of methoxy groups -OCH3 is 1. The van der Waals surface area contributed by atoms with Crippen molar-refractivity contribution in [3.05, 3.63) is 29.8 Å². The van der Waals surface area contributed by atoms with E-state index in [2.05, 4.69) is 11.8 Å². The van der Waals surface area contributed by atoms with E-state index in [0.717, 1.165) is 12.2 Å². The van der Waals surface area contributed by atoms with Crippen molar-refractivity contribution in [1.29, 1.82) is 0 Å². The Morgan fingerprint density at radius 1 is 1.53 bits per heavy atom. The zero-order valence-corrected chi connectivity index (χ0v) is 10.6. The van der Waals surface area contributed by atoms with Crippen molar-refractivity contribution in [3.63, 3.8) is 0 Å². The molecule has 1 aromatic carbocycles. The normalized spacial score (nSPS) is 12.0. The number of hydrogen-bond acceptors (Lipinski definition) is 4. The molecular formula is C13H20N2O2. The zero-order valence-electron chi connectivity index (χ0n) is 10.6. The Hall–Kier alpha value is -1.55. The summed E-state index contributed by atoms with van der Waals surface area (Å²) in [6.07, 6.45) is 0. The number of ether oxygens (including phenoxy) is 1. The highest BCUT2D eigenvalue weighted by atomic mass is 16.5. The van der Waals surface area contributed by atoms with Gasteiger partial charge in [0.1, 0.15) is 0 Å². The van der Waals surface area contributed by atoms with Crippen LogP contribution in [0.25, 0.3) is 0 Å². The van der Waals surface area contributed by atoms with Gasteiger partial charge in [-0.15, -0.1) is 0 Å². The number of hydrogen-bond donors (Lipinski definition) is 1. The second-order valence-corrected chi connectivity index (χ2v) is 4.26. The van der Waals surface area contributed by atoms with Crippen LogP contribution >= 0.6 is 0 Å². The van der Waals surface area contributed by atoms with Crippen molar-refractivity contribution in [3.8, 4) is 0 Å². The quantitative estimate of drug-likeness (QED) is 0.787.